The molecule has 0 bridgehead atoms. The summed E-state index contributed by atoms with van der Waals surface area (Å²) in [6.45, 7) is 4.52. The van der Waals surface area contributed by atoms with E-state index in [9.17, 15) is 0 Å². The minimum Gasteiger partial charge on any atom is -0.339 e. The van der Waals surface area contributed by atoms with Crippen molar-refractivity contribution < 1.29 is 4.52 Å². The van der Waals surface area contributed by atoms with E-state index in [-0.39, 0.29) is 0 Å². The summed E-state index contributed by atoms with van der Waals surface area (Å²) in [5, 5.41) is 3.99. The monoisotopic (exact) mass is 346 g/mol. The van der Waals surface area contributed by atoms with Gasteiger partial charge in [-0.2, -0.15) is 4.98 Å². The van der Waals surface area contributed by atoms with Crippen LogP contribution in [0.5, 0.6) is 0 Å². The van der Waals surface area contributed by atoms with E-state index in [1.807, 2.05) is 29.8 Å². The summed E-state index contributed by atoms with van der Waals surface area (Å²) in [5.41, 5.74) is 3.02. The van der Waals surface area contributed by atoms with Crippen LogP contribution in [0.2, 0.25) is 0 Å². The van der Waals surface area contributed by atoms with E-state index in [1.54, 1.807) is 18.6 Å². The van der Waals surface area contributed by atoms with Gasteiger partial charge in [-0.3, -0.25) is 0 Å². The van der Waals surface area contributed by atoms with Crippen molar-refractivity contribution in [1.29, 1.82) is 0 Å². The Morgan fingerprint density at radius 2 is 1.92 bits per heavy atom. The molecule has 0 aliphatic heterocycles. The Hall–Kier alpha value is -3.35. The second kappa shape index (κ2) is 6.87. The minimum absolute atomic E-state index is 0.485. The zero-order chi connectivity index (χ0) is 17.9. The summed E-state index contributed by atoms with van der Waals surface area (Å²) in [4.78, 5) is 17.8. The van der Waals surface area contributed by atoms with Crippen molar-refractivity contribution in [1.82, 2.24) is 29.7 Å². The van der Waals surface area contributed by atoms with E-state index >= 15 is 0 Å². The largest absolute Gasteiger partial charge is 0.339 e. The first-order valence-electron chi connectivity index (χ1n) is 8.45. The summed E-state index contributed by atoms with van der Waals surface area (Å²) >= 11 is 0. The number of imidazole rings is 1. The van der Waals surface area contributed by atoms with Gasteiger partial charge in [-0.25, -0.2) is 15.0 Å². The SMILES string of the molecule is CCc1nc(Cn2ccnc2-c2cnc(-c3cccc(C)c3)nc2)no1. The van der Waals surface area contributed by atoms with Crippen molar-refractivity contribution >= 4 is 0 Å². The van der Waals surface area contributed by atoms with Crippen LogP contribution in [0.4, 0.5) is 0 Å². The fourth-order valence-corrected chi connectivity index (χ4v) is 2.72. The van der Waals surface area contributed by atoms with Gasteiger partial charge in [0.2, 0.25) is 5.89 Å². The predicted molar refractivity (Wildman–Crippen MR) is 96.2 cm³/mol. The van der Waals surface area contributed by atoms with Crippen molar-refractivity contribution in [2.45, 2.75) is 26.8 Å². The third kappa shape index (κ3) is 3.23. The molecule has 1 aromatic carbocycles. The molecular weight excluding hydrogens is 328 g/mol. The van der Waals surface area contributed by atoms with Gasteiger partial charge in [0.1, 0.15) is 5.82 Å². The third-order valence-corrected chi connectivity index (χ3v) is 4.03. The Kier molecular flexibility index (Phi) is 4.27. The number of rotatable bonds is 5. The number of aromatic nitrogens is 6. The van der Waals surface area contributed by atoms with Gasteiger partial charge in [-0.1, -0.05) is 35.8 Å². The van der Waals surface area contributed by atoms with Gasteiger partial charge in [0.05, 0.1) is 12.1 Å². The first kappa shape index (κ1) is 16.1. The molecule has 130 valence electrons. The molecule has 0 amide bonds. The molecule has 4 rings (SSSR count). The zero-order valence-electron chi connectivity index (χ0n) is 14.6. The van der Waals surface area contributed by atoms with Crippen molar-refractivity contribution in [3.8, 4) is 22.8 Å². The van der Waals surface area contributed by atoms with Crippen LogP contribution in [0.3, 0.4) is 0 Å². The van der Waals surface area contributed by atoms with Gasteiger partial charge in [0.25, 0.3) is 0 Å². The van der Waals surface area contributed by atoms with Gasteiger partial charge in [-0.05, 0) is 13.0 Å². The second-order valence-electron chi connectivity index (χ2n) is 6.00. The first-order chi connectivity index (χ1) is 12.7. The molecule has 7 nitrogen and oxygen atoms in total. The van der Waals surface area contributed by atoms with Crippen LogP contribution in [0.1, 0.15) is 24.2 Å². The summed E-state index contributed by atoms with van der Waals surface area (Å²) in [6.07, 6.45) is 7.92. The summed E-state index contributed by atoms with van der Waals surface area (Å²) in [5.74, 6) is 2.72. The zero-order valence-corrected chi connectivity index (χ0v) is 14.6. The summed E-state index contributed by atoms with van der Waals surface area (Å²) < 4.78 is 7.12. The lowest BCUT2D eigenvalue weighted by Gasteiger charge is -2.06. The normalized spacial score (nSPS) is 11.0. The lowest BCUT2D eigenvalue weighted by atomic mass is 10.1. The topological polar surface area (TPSA) is 82.5 Å². The number of hydrogen-bond acceptors (Lipinski definition) is 6. The van der Waals surface area contributed by atoms with E-state index in [0.29, 0.717) is 24.1 Å². The summed E-state index contributed by atoms with van der Waals surface area (Å²) in [6, 6.07) is 8.13. The van der Waals surface area contributed by atoms with E-state index in [0.717, 1.165) is 23.4 Å². The fourth-order valence-electron chi connectivity index (χ4n) is 2.72. The molecule has 0 spiro atoms. The Morgan fingerprint density at radius 3 is 2.65 bits per heavy atom. The Morgan fingerprint density at radius 1 is 1.08 bits per heavy atom. The van der Waals surface area contributed by atoms with Gasteiger partial charge >= 0.3 is 0 Å². The predicted octanol–water partition coefficient (Wildman–Crippen LogP) is 3.31. The standard InChI is InChI=1S/C19H18N6O/c1-3-17-23-16(24-26-17)12-25-8-7-20-19(25)15-10-21-18(22-11-15)14-6-4-5-13(2)9-14/h4-11H,3,12H2,1-2H3. The van der Waals surface area contributed by atoms with Crippen molar-refractivity contribution in [3.05, 3.63) is 66.3 Å². The smallest absolute Gasteiger partial charge is 0.226 e. The highest BCUT2D eigenvalue weighted by Gasteiger charge is 2.11. The van der Waals surface area contributed by atoms with E-state index in [2.05, 4.69) is 44.1 Å². The van der Waals surface area contributed by atoms with E-state index < -0.39 is 0 Å². The Balaban J connectivity index is 1.59. The summed E-state index contributed by atoms with van der Waals surface area (Å²) in [7, 11) is 0. The minimum atomic E-state index is 0.485. The van der Waals surface area contributed by atoms with Gasteiger partial charge in [-0.15, -0.1) is 0 Å². The molecule has 4 aromatic rings. The molecule has 0 fully saturated rings. The number of benzene rings is 1. The molecule has 0 radical (unpaired) electrons. The maximum atomic E-state index is 5.16. The molecule has 3 heterocycles. The van der Waals surface area contributed by atoms with Crippen LogP contribution in [0, 0.1) is 6.92 Å². The van der Waals surface area contributed by atoms with Gasteiger partial charge < -0.3 is 9.09 Å². The average molecular weight is 346 g/mol. The van der Waals surface area contributed by atoms with Crippen LogP contribution in [-0.2, 0) is 13.0 Å². The van der Waals surface area contributed by atoms with Crippen molar-refractivity contribution in [2.24, 2.45) is 0 Å². The first-order valence-corrected chi connectivity index (χ1v) is 8.45. The average Bonchev–Trinajstić information content (AvgIpc) is 3.31. The Bertz CT molecular complexity index is 1020. The molecular formula is C19H18N6O. The molecule has 0 aliphatic rings. The van der Waals surface area contributed by atoms with Crippen LogP contribution >= 0.6 is 0 Å². The highest BCUT2D eigenvalue weighted by molar-refractivity contribution is 5.59. The second-order valence-corrected chi connectivity index (χ2v) is 6.00. The molecule has 3 aromatic heterocycles. The molecule has 0 saturated carbocycles. The third-order valence-electron chi connectivity index (χ3n) is 4.03. The van der Waals surface area contributed by atoms with Crippen LogP contribution in [-0.4, -0.2) is 29.7 Å². The van der Waals surface area contributed by atoms with Gasteiger partial charge in [0, 0.05) is 36.8 Å². The highest BCUT2D eigenvalue weighted by Crippen LogP contribution is 2.20. The molecule has 0 atom stereocenters. The molecule has 7 heteroatoms. The van der Waals surface area contributed by atoms with Crippen LogP contribution in [0.25, 0.3) is 22.8 Å². The Labute approximate surface area is 150 Å². The van der Waals surface area contributed by atoms with Crippen LogP contribution in [0.15, 0.2) is 53.6 Å². The lowest BCUT2D eigenvalue weighted by Crippen LogP contribution is -2.03. The molecule has 0 unspecified atom stereocenters. The molecule has 0 saturated heterocycles. The number of nitrogens with zero attached hydrogens (tertiary/aromatic N) is 6. The van der Waals surface area contributed by atoms with Crippen LogP contribution < -0.4 is 0 Å². The van der Waals surface area contributed by atoms with Gasteiger partial charge in [0.15, 0.2) is 11.6 Å². The fraction of sp³-hybridized carbons (Fsp3) is 0.211. The lowest BCUT2D eigenvalue weighted by molar-refractivity contribution is 0.375. The van der Waals surface area contributed by atoms with E-state index in [1.165, 1.54) is 5.56 Å². The molecule has 26 heavy (non-hydrogen) atoms. The maximum absolute atomic E-state index is 5.16. The quantitative estimate of drug-likeness (QED) is 0.551. The molecule has 0 N–H and O–H groups in total. The number of aryl methyl sites for hydroxylation is 2. The van der Waals surface area contributed by atoms with Crippen molar-refractivity contribution in [3.63, 3.8) is 0 Å². The van der Waals surface area contributed by atoms with Crippen molar-refractivity contribution in [2.75, 3.05) is 0 Å². The highest BCUT2D eigenvalue weighted by atomic mass is 16.5. The number of hydrogen-bond donors (Lipinski definition) is 0. The maximum Gasteiger partial charge on any atom is 0.226 e. The van der Waals surface area contributed by atoms with E-state index in [4.69, 9.17) is 4.52 Å². The molecule has 0 aliphatic carbocycles.